The van der Waals surface area contributed by atoms with Crippen molar-refractivity contribution in [3.8, 4) is 17.2 Å². The van der Waals surface area contributed by atoms with E-state index in [1.807, 2.05) is 6.07 Å². The number of ether oxygens (including phenoxy) is 1. The average molecular weight is 580 g/mol. The topological polar surface area (TPSA) is 129 Å². The minimum absolute atomic E-state index is 0.0805. The molecule has 2 aliphatic rings. The number of pyridine rings is 1. The van der Waals surface area contributed by atoms with Crippen LogP contribution >= 0.6 is 0 Å². The first kappa shape index (κ1) is 30.2. The molecule has 2 aromatic rings. The van der Waals surface area contributed by atoms with Crippen molar-refractivity contribution in [3.63, 3.8) is 0 Å². The number of alkyl halides is 6. The summed E-state index contributed by atoms with van der Waals surface area (Å²) in [6, 6.07) is 6.07. The number of aromatic nitrogens is 1. The summed E-state index contributed by atoms with van der Waals surface area (Å²) in [7, 11) is -2.92. The van der Waals surface area contributed by atoms with Crippen molar-refractivity contribution >= 4 is 15.9 Å². The average Bonchev–Trinajstić information content (AvgIpc) is 3.44. The molecule has 0 bridgehead atoms. The summed E-state index contributed by atoms with van der Waals surface area (Å²) in [4.78, 5) is 12.2. The van der Waals surface area contributed by atoms with Crippen molar-refractivity contribution in [2.75, 3.05) is 7.11 Å². The van der Waals surface area contributed by atoms with Gasteiger partial charge in [0, 0.05) is 13.3 Å². The number of nitrogens with zero attached hydrogens (tertiary/aromatic N) is 2. The van der Waals surface area contributed by atoms with Crippen molar-refractivity contribution in [1.82, 2.24) is 10.3 Å². The number of hydrogen-bond donors (Lipinski definition) is 2. The lowest BCUT2D eigenvalue weighted by atomic mass is 10.0. The molecule has 2 atom stereocenters. The Hall–Kier alpha value is -3.38. The highest BCUT2D eigenvalue weighted by Crippen LogP contribution is 2.41. The third-order valence-corrected chi connectivity index (χ3v) is 8.67. The quantitative estimate of drug-likeness (QED) is 0.452. The highest BCUT2D eigenvalue weighted by atomic mass is 32.2. The van der Waals surface area contributed by atoms with Gasteiger partial charge in [0.1, 0.15) is 11.2 Å². The lowest BCUT2D eigenvalue weighted by Gasteiger charge is -2.18. The van der Waals surface area contributed by atoms with E-state index in [1.165, 1.54) is 7.11 Å². The van der Waals surface area contributed by atoms with E-state index in [1.54, 1.807) is 0 Å². The van der Waals surface area contributed by atoms with E-state index in [0.717, 1.165) is 24.4 Å². The predicted octanol–water partition coefficient (Wildman–Crippen LogP) is 5.44. The van der Waals surface area contributed by atoms with Gasteiger partial charge in [-0.2, -0.15) is 31.6 Å². The molecule has 0 saturated heterocycles. The number of carboxylic acid groups (broad SMARTS) is 1. The largest absolute Gasteiger partial charge is 0.465 e. The number of amides is 1. The molecule has 212 valence electrons. The number of sulfone groups is 1. The van der Waals surface area contributed by atoms with Gasteiger partial charge in [-0.25, -0.2) is 13.2 Å². The van der Waals surface area contributed by atoms with Crippen LogP contribution in [0.1, 0.15) is 43.4 Å². The van der Waals surface area contributed by atoms with Gasteiger partial charge in [0.25, 0.3) is 0 Å². The van der Waals surface area contributed by atoms with Gasteiger partial charge < -0.3 is 15.2 Å². The Morgan fingerprint density at radius 1 is 1.10 bits per heavy atom. The van der Waals surface area contributed by atoms with Crippen molar-refractivity contribution in [1.29, 1.82) is 5.26 Å². The molecule has 0 unspecified atom stereocenters. The normalized spacial score (nSPS) is 20.4. The van der Waals surface area contributed by atoms with Crippen LogP contribution in [-0.2, 0) is 26.9 Å². The van der Waals surface area contributed by atoms with Gasteiger partial charge >= 0.3 is 18.4 Å². The van der Waals surface area contributed by atoms with Gasteiger partial charge in [0.15, 0.2) is 9.84 Å². The molecule has 8 nitrogen and oxygen atoms in total. The highest BCUT2D eigenvalue weighted by Gasteiger charge is 2.45. The molecule has 39 heavy (non-hydrogen) atoms. The lowest BCUT2D eigenvalue weighted by Crippen LogP contribution is -2.33. The monoisotopic (exact) mass is 579 g/mol. The van der Waals surface area contributed by atoms with E-state index in [2.05, 4.69) is 10.3 Å². The molecule has 0 radical (unpaired) electrons. The smallest absolute Gasteiger partial charge is 0.433 e. The number of methoxy groups -OCH3 is 1. The minimum atomic E-state index is -5.02. The first-order valence-corrected chi connectivity index (χ1v) is 13.0. The molecule has 1 heterocycles. The van der Waals surface area contributed by atoms with Gasteiger partial charge in [-0.15, -0.1) is 0 Å². The fourth-order valence-electron chi connectivity index (χ4n) is 4.11. The minimum Gasteiger partial charge on any atom is -0.465 e. The van der Waals surface area contributed by atoms with E-state index in [9.17, 15) is 39.6 Å². The Kier molecular flexibility index (Phi) is 8.51. The number of carbonyl (C=O) groups is 1. The number of nitriles is 1. The van der Waals surface area contributed by atoms with Gasteiger partial charge in [0.05, 0.1) is 27.9 Å². The molecular formula is C24H23F6N3O5S. The number of rotatable bonds is 5. The Morgan fingerprint density at radius 2 is 1.74 bits per heavy atom. The summed E-state index contributed by atoms with van der Waals surface area (Å²) >= 11 is 0. The molecule has 1 aromatic carbocycles. The van der Waals surface area contributed by atoms with E-state index in [4.69, 9.17) is 15.1 Å². The molecule has 2 N–H and O–H groups in total. The summed E-state index contributed by atoms with van der Waals surface area (Å²) in [6.45, 7) is 0. The Labute approximate surface area is 219 Å². The fraction of sp³-hybridized carbons (Fsp3) is 0.458. The van der Waals surface area contributed by atoms with Crippen LogP contribution in [-0.4, -0.2) is 48.6 Å². The third-order valence-electron chi connectivity index (χ3n) is 6.39. The van der Waals surface area contributed by atoms with E-state index < -0.39 is 55.2 Å². The van der Waals surface area contributed by atoms with E-state index in [-0.39, 0.29) is 30.1 Å². The second-order valence-electron chi connectivity index (χ2n) is 9.10. The van der Waals surface area contributed by atoms with Gasteiger partial charge in [-0.1, -0.05) is 6.07 Å². The van der Waals surface area contributed by atoms with Gasteiger partial charge in [-0.3, -0.25) is 4.98 Å². The number of hydrogen-bond acceptors (Lipinski definition) is 6. The van der Waals surface area contributed by atoms with Crippen molar-refractivity contribution < 1.29 is 49.4 Å². The molecule has 2 fully saturated rings. The Morgan fingerprint density at radius 3 is 2.21 bits per heavy atom. The van der Waals surface area contributed by atoms with Crippen LogP contribution in [0.5, 0.6) is 0 Å². The molecule has 0 spiro atoms. The van der Waals surface area contributed by atoms with Gasteiger partial charge in [-0.05, 0) is 67.5 Å². The van der Waals surface area contributed by atoms with Crippen LogP contribution in [0.4, 0.5) is 31.1 Å². The number of benzene rings is 1. The molecule has 1 amide bonds. The fourth-order valence-corrected chi connectivity index (χ4v) is 6.13. The third kappa shape index (κ3) is 7.18. The maximum atomic E-state index is 13.7. The van der Waals surface area contributed by atoms with Crippen molar-refractivity contribution in [3.05, 3.63) is 47.8 Å². The Balaban J connectivity index is 0.000000395. The van der Waals surface area contributed by atoms with Crippen LogP contribution in [0, 0.1) is 11.3 Å². The Bertz CT molecular complexity index is 1370. The number of halogens is 6. The molecular weight excluding hydrogens is 556 g/mol. The van der Waals surface area contributed by atoms with Crippen molar-refractivity contribution in [2.45, 2.75) is 66.2 Å². The zero-order chi connectivity index (χ0) is 29.2. The zero-order valence-corrected chi connectivity index (χ0v) is 21.1. The summed E-state index contributed by atoms with van der Waals surface area (Å²) < 4.78 is 111. The van der Waals surface area contributed by atoms with Gasteiger partial charge in [0.2, 0.25) is 0 Å². The maximum Gasteiger partial charge on any atom is 0.433 e. The number of nitrogens with one attached hydrogen (secondary N) is 1. The second-order valence-corrected chi connectivity index (χ2v) is 11.3. The summed E-state index contributed by atoms with van der Waals surface area (Å²) in [6.07, 6.45) is -8.46. The van der Waals surface area contributed by atoms with E-state index in [0.29, 0.717) is 31.4 Å². The predicted molar refractivity (Wildman–Crippen MR) is 124 cm³/mol. The maximum absolute atomic E-state index is 13.7. The standard InChI is InChI=1S/C19H17F6NO3S.C5H6N2O2/c1-29-13-3-4-14(10-13)30(27,28)16-5-2-11(8-15(16)18(20,21)22)12-6-7-26-17(9-12)19(23,24)25;6-3-5(1-2-5)7-4(8)9/h2,5-9,13-14H,3-4,10H2,1H3;7H,1-2H2,(H,8,9)/t13-,14-;/m0./s1. The summed E-state index contributed by atoms with van der Waals surface area (Å²) in [5, 5.41) is 17.6. The van der Waals surface area contributed by atoms with Crippen molar-refractivity contribution in [2.24, 2.45) is 0 Å². The van der Waals surface area contributed by atoms with Crippen LogP contribution in [0.3, 0.4) is 0 Å². The molecule has 15 heteroatoms. The SMILES string of the molecule is CO[C@H]1CC[C@H](S(=O)(=O)c2ccc(-c3ccnc(C(F)(F)F)c3)cc2C(F)(F)F)C1.N#CC1(NC(=O)O)CC1. The summed E-state index contributed by atoms with van der Waals surface area (Å²) in [5.74, 6) is 0. The van der Waals surface area contributed by atoms with E-state index >= 15 is 0 Å². The first-order valence-electron chi connectivity index (χ1n) is 11.5. The first-order chi connectivity index (χ1) is 18.0. The molecule has 2 aliphatic carbocycles. The van der Waals surface area contributed by atoms with Crippen LogP contribution in [0.25, 0.3) is 11.1 Å². The molecule has 4 rings (SSSR count). The van der Waals surface area contributed by atoms with Crippen LogP contribution < -0.4 is 5.32 Å². The lowest BCUT2D eigenvalue weighted by molar-refractivity contribution is -0.141. The van der Waals surface area contributed by atoms with Crippen LogP contribution in [0.2, 0.25) is 0 Å². The van der Waals surface area contributed by atoms with Crippen LogP contribution in [0.15, 0.2) is 41.4 Å². The highest BCUT2D eigenvalue weighted by molar-refractivity contribution is 7.92. The second kappa shape index (κ2) is 11.0. The molecule has 0 aliphatic heterocycles. The zero-order valence-electron chi connectivity index (χ0n) is 20.3. The summed E-state index contributed by atoms with van der Waals surface area (Å²) in [5.41, 5.74) is -3.76. The molecule has 2 saturated carbocycles. The molecule has 1 aromatic heterocycles.